The third-order valence-corrected chi connectivity index (χ3v) is 7.13. The van der Waals surface area contributed by atoms with Crippen molar-refractivity contribution in [1.29, 1.82) is 0 Å². The molecule has 0 bridgehead atoms. The lowest BCUT2D eigenvalue weighted by Gasteiger charge is -2.34. The summed E-state index contributed by atoms with van der Waals surface area (Å²) in [6.45, 7) is 5.19. The molecule has 0 saturated carbocycles. The van der Waals surface area contributed by atoms with Crippen LogP contribution in [0.4, 0.5) is 0 Å². The monoisotopic (exact) mass is 484 g/mol. The van der Waals surface area contributed by atoms with Crippen LogP contribution in [0.3, 0.4) is 0 Å². The molecule has 1 saturated heterocycles. The quantitative estimate of drug-likeness (QED) is 0.483. The van der Waals surface area contributed by atoms with Crippen LogP contribution in [0.15, 0.2) is 35.1 Å². The minimum Gasteiger partial charge on any atom is -0.469 e. The van der Waals surface area contributed by atoms with E-state index in [0.717, 1.165) is 50.5 Å². The molecule has 3 heterocycles. The molecule has 2 aromatic heterocycles. The summed E-state index contributed by atoms with van der Waals surface area (Å²) in [5, 5.41) is 0.241. The van der Waals surface area contributed by atoms with Crippen molar-refractivity contribution >= 4 is 33.5 Å². The Hall–Kier alpha value is -3.08. The first-order valence-corrected chi connectivity index (χ1v) is 12.0. The fourth-order valence-electron chi connectivity index (χ4n) is 4.14. The molecule has 1 fully saturated rings. The Bertz CT molecular complexity index is 1220. The predicted molar refractivity (Wildman–Crippen MR) is 129 cm³/mol. The van der Waals surface area contributed by atoms with E-state index in [2.05, 4.69) is 44.0 Å². The van der Waals surface area contributed by atoms with Gasteiger partial charge in [0.15, 0.2) is 0 Å². The highest BCUT2D eigenvalue weighted by atomic mass is 32.1. The summed E-state index contributed by atoms with van der Waals surface area (Å²) in [4.78, 5) is 49.8. The second kappa shape index (κ2) is 10.9. The van der Waals surface area contributed by atoms with Crippen molar-refractivity contribution in [2.45, 2.75) is 19.4 Å². The Morgan fingerprint density at radius 1 is 1.06 bits per heavy atom. The maximum absolute atomic E-state index is 12.9. The van der Waals surface area contributed by atoms with Crippen LogP contribution in [0.2, 0.25) is 0 Å². The highest BCUT2D eigenvalue weighted by molar-refractivity contribution is 7.20. The minimum atomic E-state index is -0.602. The van der Waals surface area contributed by atoms with Crippen molar-refractivity contribution < 1.29 is 19.1 Å². The van der Waals surface area contributed by atoms with Crippen LogP contribution in [0.5, 0.6) is 0 Å². The van der Waals surface area contributed by atoms with E-state index in [1.165, 1.54) is 19.8 Å². The van der Waals surface area contributed by atoms with Crippen LogP contribution < -0.4 is 5.56 Å². The summed E-state index contributed by atoms with van der Waals surface area (Å²) >= 11 is 1.06. The van der Waals surface area contributed by atoms with Crippen LogP contribution >= 0.6 is 11.3 Å². The van der Waals surface area contributed by atoms with E-state index in [4.69, 9.17) is 9.47 Å². The Labute approximate surface area is 201 Å². The smallest absolute Gasteiger partial charge is 0.348 e. The molecule has 0 radical (unpaired) electrons. The first-order valence-electron chi connectivity index (χ1n) is 11.2. The zero-order valence-corrected chi connectivity index (χ0v) is 20.2. The molecule has 1 aliphatic heterocycles. The van der Waals surface area contributed by atoms with Crippen LogP contribution in [0.1, 0.15) is 26.6 Å². The molecule has 4 rings (SSSR count). The molecule has 0 unspecified atom stereocenters. The fourth-order valence-corrected chi connectivity index (χ4v) is 5.27. The molecule has 1 N–H and O–H groups in total. The first-order chi connectivity index (χ1) is 16.5. The van der Waals surface area contributed by atoms with Gasteiger partial charge in [-0.25, -0.2) is 9.78 Å². The van der Waals surface area contributed by atoms with Crippen molar-refractivity contribution in [2.24, 2.45) is 0 Å². The van der Waals surface area contributed by atoms with E-state index in [1.807, 2.05) is 6.07 Å². The van der Waals surface area contributed by atoms with E-state index in [0.29, 0.717) is 22.8 Å². The maximum Gasteiger partial charge on any atom is 0.348 e. The number of benzene rings is 1. The van der Waals surface area contributed by atoms with Gasteiger partial charge in [-0.3, -0.25) is 14.5 Å². The van der Waals surface area contributed by atoms with Crippen LogP contribution in [-0.2, 0) is 33.7 Å². The molecule has 1 aromatic carbocycles. The lowest BCUT2D eigenvalue weighted by atomic mass is 10.1. The molecule has 34 heavy (non-hydrogen) atoms. The molecule has 0 spiro atoms. The maximum atomic E-state index is 12.9. The number of hydrogen-bond donors (Lipinski definition) is 1. The van der Waals surface area contributed by atoms with Crippen molar-refractivity contribution in [2.75, 3.05) is 46.9 Å². The molecule has 0 aliphatic carbocycles. The summed E-state index contributed by atoms with van der Waals surface area (Å²) in [5.41, 5.74) is 1.27. The lowest BCUT2D eigenvalue weighted by molar-refractivity contribution is -0.139. The number of hydrogen-bond acceptors (Lipinski definition) is 9. The van der Waals surface area contributed by atoms with Gasteiger partial charge < -0.3 is 19.4 Å². The van der Waals surface area contributed by atoms with Gasteiger partial charge in [-0.1, -0.05) is 30.3 Å². The van der Waals surface area contributed by atoms with Gasteiger partial charge in [-0.05, 0) is 12.0 Å². The van der Waals surface area contributed by atoms with Crippen LogP contribution in [0.25, 0.3) is 10.2 Å². The summed E-state index contributed by atoms with van der Waals surface area (Å²) < 4.78 is 9.56. The Morgan fingerprint density at radius 2 is 1.76 bits per heavy atom. The van der Waals surface area contributed by atoms with Crippen molar-refractivity contribution in [3.05, 3.63) is 62.5 Å². The van der Waals surface area contributed by atoms with E-state index >= 15 is 0 Å². The number of fused-ring (bicyclic) bond motifs is 1. The van der Waals surface area contributed by atoms with Gasteiger partial charge in [-0.15, -0.1) is 11.3 Å². The number of ether oxygens (including phenoxy) is 2. The number of nitrogens with zero attached hydrogens (tertiary/aromatic N) is 3. The summed E-state index contributed by atoms with van der Waals surface area (Å²) in [6.07, 6.45) is 0.831. The highest BCUT2D eigenvalue weighted by Crippen LogP contribution is 2.29. The van der Waals surface area contributed by atoms with Crippen molar-refractivity contribution in [3.8, 4) is 0 Å². The largest absolute Gasteiger partial charge is 0.469 e. The average molecular weight is 485 g/mol. The number of carbonyl (C=O) groups excluding carboxylic acids is 2. The van der Waals surface area contributed by atoms with E-state index in [-0.39, 0.29) is 22.2 Å². The molecule has 3 aromatic rings. The minimum absolute atomic E-state index is 0.198. The SMILES string of the molecule is COC(=O)Cc1c(C(=O)OC)sc2nc(CN3CCN(CCc4ccccc4)CC3)[nH]c(=O)c12. The third-order valence-electron chi connectivity index (χ3n) is 6.03. The standard InChI is InChI=1S/C24H28N4O5S/c1-32-19(29)14-17-20-22(30)25-18(26-23(20)34-21(17)24(31)33-2)15-28-12-10-27(11-13-28)9-8-16-6-4-3-5-7-16/h3-7H,8-15H2,1-2H3,(H,25,26,30). The van der Waals surface area contributed by atoms with Crippen LogP contribution in [0, 0.1) is 0 Å². The fraction of sp³-hybridized carbons (Fsp3) is 0.417. The summed E-state index contributed by atoms with van der Waals surface area (Å²) in [7, 11) is 2.52. The number of aromatic nitrogens is 2. The molecule has 0 amide bonds. The molecule has 9 nitrogen and oxygen atoms in total. The van der Waals surface area contributed by atoms with E-state index < -0.39 is 11.9 Å². The summed E-state index contributed by atoms with van der Waals surface area (Å²) in [5.74, 6) is -0.606. The molecule has 10 heteroatoms. The van der Waals surface area contributed by atoms with E-state index in [9.17, 15) is 14.4 Å². The van der Waals surface area contributed by atoms with Gasteiger partial charge in [0.2, 0.25) is 0 Å². The molecule has 1 aliphatic rings. The molecular formula is C24H28N4O5S. The predicted octanol–water partition coefficient (Wildman–Crippen LogP) is 1.85. The second-order valence-electron chi connectivity index (χ2n) is 8.20. The second-order valence-corrected chi connectivity index (χ2v) is 9.20. The molecule has 180 valence electrons. The van der Waals surface area contributed by atoms with Gasteiger partial charge in [0.1, 0.15) is 15.5 Å². The Morgan fingerprint density at radius 3 is 2.44 bits per heavy atom. The lowest BCUT2D eigenvalue weighted by Crippen LogP contribution is -2.46. The average Bonchev–Trinajstić information content (AvgIpc) is 3.22. The Balaban J connectivity index is 1.44. The number of thiophene rings is 1. The number of methoxy groups -OCH3 is 2. The normalized spacial score (nSPS) is 14.9. The number of piperazine rings is 1. The molecule has 0 atom stereocenters. The third kappa shape index (κ3) is 5.52. The number of H-pyrrole nitrogens is 1. The topological polar surface area (TPSA) is 105 Å². The zero-order chi connectivity index (χ0) is 24.1. The number of carbonyl (C=O) groups is 2. The number of esters is 2. The van der Waals surface area contributed by atoms with Gasteiger partial charge in [0, 0.05) is 38.3 Å². The van der Waals surface area contributed by atoms with E-state index in [1.54, 1.807) is 0 Å². The van der Waals surface area contributed by atoms with Gasteiger partial charge in [0.25, 0.3) is 5.56 Å². The van der Waals surface area contributed by atoms with Gasteiger partial charge in [-0.2, -0.15) is 0 Å². The first kappa shape index (κ1) is 24.1. The Kier molecular flexibility index (Phi) is 7.71. The summed E-state index contributed by atoms with van der Waals surface area (Å²) in [6, 6.07) is 10.5. The van der Waals surface area contributed by atoms with Crippen LogP contribution in [-0.4, -0.2) is 78.6 Å². The van der Waals surface area contributed by atoms with Gasteiger partial charge >= 0.3 is 11.9 Å². The molecular weight excluding hydrogens is 456 g/mol. The number of nitrogens with one attached hydrogen (secondary N) is 1. The highest BCUT2D eigenvalue weighted by Gasteiger charge is 2.25. The van der Waals surface area contributed by atoms with Gasteiger partial charge in [0.05, 0.1) is 32.6 Å². The number of aromatic amines is 1. The zero-order valence-electron chi connectivity index (χ0n) is 19.3. The number of rotatable bonds is 8. The van der Waals surface area contributed by atoms with Crippen molar-refractivity contribution in [3.63, 3.8) is 0 Å². The van der Waals surface area contributed by atoms with Crippen molar-refractivity contribution in [1.82, 2.24) is 19.8 Å².